The van der Waals surface area contributed by atoms with Crippen molar-refractivity contribution in [2.75, 3.05) is 13.2 Å². The monoisotopic (exact) mass is 215 g/mol. The van der Waals surface area contributed by atoms with Crippen LogP contribution in [-0.4, -0.2) is 19.2 Å². The highest BCUT2D eigenvalue weighted by molar-refractivity contribution is 5.66. The Bertz CT molecular complexity index is 160. The molecule has 3 heteroatoms. The van der Waals surface area contributed by atoms with Crippen LogP contribution in [0.3, 0.4) is 0 Å². The zero-order chi connectivity index (χ0) is 11.5. The second kappa shape index (κ2) is 9.81. The number of carbonyl (C=O) groups is 1. The summed E-state index contributed by atoms with van der Waals surface area (Å²) in [7, 11) is 0. The molecule has 1 unspecified atom stereocenters. The molecule has 0 bridgehead atoms. The van der Waals surface area contributed by atoms with E-state index in [1.54, 1.807) is 0 Å². The van der Waals surface area contributed by atoms with Crippen LogP contribution in [-0.2, 0) is 4.74 Å². The van der Waals surface area contributed by atoms with Gasteiger partial charge in [0.2, 0.25) is 0 Å². The molecule has 0 saturated heterocycles. The van der Waals surface area contributed by atoms with Crippen LogP contribution < -0.4 is 5.32 Å². The summed E-state index contributed by atoms with van der Waals surface area (Å²) in [5, 5.41) is 2.75. The summed E-state index contributed by atoms with van der Waals surface area (Å²) in [4.78, 5) is 11.0. The average Bonchev–Trinajstić information content (AvgIpc) is 2.22. The van der Waals surface area contributed by atoms with Crippen molar-refractivity contribution < 1.29 is 9.53 Å². The van der Waals surface area contributed by atoms with Crippen LogP contribution in [0.2, 0.25) is 0 Å². The predicted molar refractivity (Wildman–Crippen MR) is 62.9 cm³/mol. The van der Waals surface area contributed by atoms with Crippen LogP contribution in [0.1, 0.15) is 52.9 Å². The molecule has 0 aromatic carbocycles. The standard InChI is InChI=1S/C12H25NO2/c1-4-7-11(3)8-6-9-13-12(14)15-10-5-2/h11H,4-10H2,1-3H3,(H,13,14). The molecule has 0 aliphatic rings. The molecule has 0 aromatic heterocycles. The number of carbonyl (C=O) groups excluding carboxylic acids is 1. The van der Waals surface area contributed by atoms with Gasteiger partial charge in [-0.1, -0.05) is 33.6 Å². The van der Waals surface area contributed by atoms with Crippen LogP contribution in [0.25, 0.3) is 0 Å². The minimum Gasteiger partial charge on any atom is -0.450 e. The Morgan fingerprint density at radius 3 is 2.60 bits per heavy atom. The molecule has 0 aliphatic heterocycles. The highest BCUT2D eigenvalue weighted by Crippen LogP contribution is 2.11. The lowest BCUT2D eigenvalue weighted by Crippen LogP contribution is -2.25. The Hall–Kier alpha value is -0.730. The van der Waals surface area contributed by atoms with E-state index in [4.69, 9.17) is 4.74 Å². The first-order chi connectivity index (χ1) is 7.20. The van der Waals surface area contributed by atoms with Crippen molar-refractivity contribution in [1.29, 1.82) is 0 Å². The Kier molecular flexibility index (Phi) is 9.33. The van der Waals surface area contributed by atoms with E-state index in [9.17, 15) is 4.79 Å². The maximum Gasteiger partial charge on any atom is 0.407 e. The normalized spacial score (nSPS) is 12.2. The number of ether oxygens (including phenoxy) is 1. The summed E-state index contributed by atoms with van der Waals surface area (Å²) in [6, 6.07) is 0. The molecule has 1 amide bonds. The summed E-state index contributed by atoms with van der Waals surface area (Å²) >= 11 is 0. The van der Waals surface area contributed by atoms with Gasteiger partial charge in [-0.05, 0) is 25.2 Å². The molecule has 0 aromatic rings. The Morgan fingerprint density at radius 1 is 1.27 bits per heavy atom. The number of rotatable bonds is 8. The van der Waals surface area contributed by atoms with Gasteiger partial charge in [0.1, 0.15) is 0 Å². The summed E-state index contributed by atoms with van der Waals surface area (Å²) in [6.45, 7) is 7.70. The van der Waals surface area contributed by atoms with Crippen LogP contribution >= 0.6 is 0 Å². The zero-order valence-corrected chi connectivity index (χ0v) is 10.3. The summed E-state index contributed by atoms with van der Waals surface area (Å²) < 4.78 is 4.90. The SMILES string of the molecule is CCCOC(=O)NCCCC(C)CCC. The molecule has 1 atom stereocenters. The highest BCUT2D eigenvalue weighted by Gasteiger charge is 2.02. The van der Waals surface area contributed by atoms with E-state index in [-0.39, 0.29) is 6.09 Å². The number of hydrogen-bond acceptors (Lipinski definition) is 2. The van der Waals surface area contributed by atoms with Crippen molar-refractivity contribution in [1.82, 2.24) is 5.32 Å². The summed E-state index contributed by atoms with van der Waals surface area (Å²) in [5.74, 6) is 0.767. The number of alkyl carbamates (subject to hydrolysis) is 1. The van der Waals surface area contributed by atoms with E-state index >= 15 is 0 Å². The van der Waals surface area contributed by atoms with E-state index in [2.05, 4.69) is 19.2 Å². The minimum atomic E-state index is -0.278. The fourth-order valence-corrected chi connectivity index (χ4v) is 1.52. The van der Waals surface area contributed by atoms with Gasteiger partial charge >= 0.3 is 6.09 Å². The molecule has 0 spiro atoms. The van der Waals surface area contributed by atoms with E-state index in [0.717, 1.165) is 25.3 Å². The largest absolute Gasteiger partial charge is 0.450 e. The quantitative estimate of drug-likeness (QED) is 0.631. The van der Waals surface area contributed by atoms with E-state index in [1.165, 1.54) is 19.3 Å². The third-order valence-corrected chi connectivity index (χ3v) is 2.36. The van der Waals surface area contributed by atoms with Crippen LogP contribution in [0.15, 0.2) is 0 Å². The predicted octanol–water partition coefficient (Wildman–Crippen LogP) is 3.34. The Labute approximate surface area is 93.6 Å². The lowest BCUT2D eigenvalue weighted by Gasteiger charge is -2.10. The van der Waals surface area contributed by atoms with E-state index in [0.29, 0.717) is 6.61 Å². The van der Waals surface area contributed by atoms with Gasteiger partial charge < -0.3 is 10.1 Å². The third kappa shape index (κ3) is 9.57. The zero-order valence-electron chi connectivity index (χ0n) is 10.3. The van der Waals surface area contributed by atoms with Gasteiger partial charge in [-0.15, -0.1) is 0 Å². The summed E-state index contributed by atoms with van der Waals surface area (Å²) in [5.41, 5.74) is 0. The highest BCUT2D eigenvalue weighted by atomic mass is 16.5. The van der Waals surface area contributed by atoms with Gasteiger partial charge in [0.05, 0.1) is 6.61 Å². The maximum absolute atomic E-state index is 11.0. The minimum absolute atomic E-state index is 0.278. The Balaban J connectivity index is 3.26. The second-order valence-corrected chi connectivity index (χ2v) is 4.10. The molecule has 1 N–H and O–H groups in total. The fourth-order valence-electron chi connectivity index (χ4n) is 1.52. The maximum atomic E-state index is 11.0. The van der Waals surface area contributed by atoms with Crippen molar-refractivity contribution in [3.8, 4) is 0 Å². The molecule has 90 valence electrons. The number of nitrogens with one attached hydrogen (secondary N) is 1. The topological polar surface area (TPSA) is 38.3 Å². The van der Waals surface area contributed by atoms with Crippen molar-refractivity contribution in [2.45, 2.75) is 52.9 Å². The van der Waals surface area contributed by atoms with E-state index in [1.807, 2.05) is 6.92 Å². The first-order valence-electron chi connectivity index (χ1n) is 6.11. The molecule has 0 radical (unpaired) electrons. The molecular formula is C12H25NO2. The molecule has 0 rings (SSSR count). The van der Waals surface area contributed by atoms with Gasteiger partial charge in [0.25, 0.3) is 0 Å². The number of amides is 1. The molecule has 0 saturated carbocycles. The van der Waals surface area contributed by atoms with Crippen LogP contribution in [0.5, 0.6) is 0 Å². The van der Waals surface area contributed by atoms with Gasteiger partial charge in [-0.25, -0.2) is 4.79 Å². The first kappa shape index (κ1) is 14.3. The van der Waals surface area contributed by atoms with Crippen LogP contribution in [0, 0.1) is 5.92 Å². The van der Waals surface area contributed by atoms with Crippen LogP contribution in [0.4, 0.5) is 4.79 Å². The van der Waals surface area contributed by atoms with Crippen molar-refractivity contribution >= 4 is 6.09 Å². The second-order valence-electron chi connectivity index (χ2n) is 4.10. The fraction of sp³-hybridized carbons (Fsp3) is 0.917. The molecule has 0 heterocycles. The van der Waals surface area contributed by atoms with E-state index < -0.39 is 0 Å². The molecular weight excluding hydrogens is 190 g/mol. The molecule has 0 aliphatic carbocycles. The van der Waals surface area contributed by atoms with Gasteiger partial charge in [0, 0.05) is 6.54 Å². The van der Waals surface area contributed by atoms with Gasteiger partial charge in [-0.2, -0.15) is 0 Å². The summed E-state index contributed by atoms with van der Waals surface area (Å²) in [6.07, 6.45) is 5.35. The lowest BCUT2D eigenvalue weighted by molar-refractivity contribution is 0.146. The van der Waals surface area contributed by atoms with Crippen molar-refractivity contribution in [3.63, 3.8) is 0 Å². The van der Waals surface area contributed by atoms with Crippen molar-refractivity contribution in [3.05, 3.63) is 0 Å². The molecule has 0 fully saturated rings. The smallest absolute Gasteiger partial charge is 0.407 e. The molecule has 3 nitrogen and oxygen atoms in total. The Morgan fingerprint density at radius 2 is 2.00 bits per heavy atom. The van der Waals surface area contributed by atoms with Gasteiger partial charge in [0.15, 0.2) is 0 Å². The van der Waals surface area contributed by atoms with Gasteiger partial charge in [-0.3, -0.25) is 0 Å². The molecule has 15 heavy (non-hydrogen) atoms. The first-order valence-corrected chi connectivity index (χ1v) is 6.11. The van der Waals surface area contributed by atoms with Crippen molar-refractivity contribution in [2.24, 2.45) is 5.92 Å². The third-order valence-electron chi connectivity index (χ3n) is 2.36. The number of hydrogen-bond donors (Lipinski definition) is 1. The average molecular weight is 215 g/mol. The lowest BCUT2D eigenvalue weighted by atomic mass is 10.0.